The Labute approximate surface area is 117 Å². The number of nitrogens with one attached hydrogen (secondary N) is 1. The van der Waals surface area contributed by atoms with E-state index in [4.69, 9.17) is 5.11 Å². The second-order valence-electron chi connectivity index (χ2n) is 4.51. The molecule has 104 valence electrons. The zero-order valence-electron chi connectivity index (χ0n) is 11.0. The van der Waals surface area contributed by atoms with E-state index in [2.05, 4.69) is 5.32 Å². The van der Waals surface area contributed by atoms with Gasteiger partial charge in [0.05, 0.1) is 5.56 Å². The van der Waals surface area contributed by atoms with Crippen LogP contribution >= 0.6 is 0 Å². The van der Waals surface area contributed by atoms with Crippen molar-refractivity contribution in [3.8, 4) is 5.75 Å². The van der Waals surface area contributed by atoms with Crippen LogP contribution in [0.25, 0.3) is 0 Å². The Hall–Kier alpha value is -2.36. The van der Waals surface area contributed by atoms with Gasteiger partial charge in [-0.2, -0.15) is 0 Å². The standard InChI is InChI=1S/C16H16FNO2/c17-15-11-13(19)8-9-14(15)16(20)18-10-4-7-12-5-2-1-3-6-12/h1-3,5-6,8-9,11,19H,4,7,10H2,(H,18,20). The van der Waals surface area contributed by atoms with Crippen LogP contribution in [0.5, 0.6) is 5.75 Å². The van der Waals surface area contributed by atoms with Crippen molar-refractivity contribution in [3.05, 3.63) is 65.5 Å². The molecule has 0 aromatic heterocycles. The molecule has 2 N–H and O–H groups in total. The summed E-state index contributed by atoms with van der Waals surface area (Å²) in [5.74, 6) is -1.37. The summed E-state index contributed by atoms with van der Waals surface area (Å²) in [7, 11) is 0. The summed E-state index contributed by atoms with van der Waals surface area (Å²) in [6.07, 6.45) is 1.65. The lowest BCUT2D eigenvalue weighted by Gasteiger charge is -2.06. The van der Waals surface area contributed by atoms with E-state index in [1.54, 1.807) is 0 Å². The van der Waals surface area contributed by atoms with Crippen molar-refractivity contribution in [1.29, 1.82) is 0 Å². The maximum Gasteiger partial charge on any atom is 0.254 e. The Morgan fingerprint density at radius 3 is 2.60 bits per heavy atom. The van der Waals surface area contributed by atoms with Gasteiger partial charge in [-0.05, 0) is 30.5 Å². The number of aromatic hydroxyl groups is 1. The first-order valence-corrected chi connectivity index (χ1v) is 6.47. The predicted octanol–water partition coefficient (Wildman–Crippen LogP) is 2.89. The number of aryl methyl sites for hydroxylation is 1. The van der Waals surface area contributed by atoms with Crippen LogP contribution in [-0.4, -0.2) is 17.6 Å². The number of halogens is 1. The van der Waals surface area contributed by atoms with Crippen molar-refractivity contribution >= 4 is 5.91 Å². The monoisotopic (exact) mass is 273 g/mol. The fraction of sp³-hybridized carbons (Fsp3) is 0.188. The molecule has 0 aliphatic heterocycles. The van der Waals surface area contributed by atoms with Crippen LogP contribution < -0.4 is 5.32 Å². The summed E-state index contributed by atoms with van der Waals surface area (Å²) in [6.45, 7) is 0.480. The number of phenolic OH excluding ortho intramolecular Hbond substituents is 1. The van der Waals surface area contributed by atoms with E-state index in [0.29, 0.717) is 6.54 Å². The minimum absolute atomic E-state index is 0.0532. The third-order valence-corrected chi connectivity index (χ3v) is 2.97. The summed E-state index contributed by atoms with van der Waals surface area (Å²) in [6, 6.07) is 13.5. The highest BCUT2D eigenvalue weighted by atomic mass is 19.1. The predicted molar refractivity (Wildman–Crippen MR) is 75.2 cm³/mol. The highest BCUT2D eigenvalue weighted by Crippen LogP contribution is 2.14. The number of rotatable bonds is 5. The maximum absolute atomic E-state index is 13.5. The Morgan fingerprint density at radius 1 is 1.15 bits per heavy atom. The first-order valence-electron chi connectivity index (χ1n) is 6.47. The molecule has 2 rings (SSSR count). The molecule has 0 atom stereocenters. The van der Waals surface area contributed by atoms with E-state index in [1.807, 2.05) is 30.3 Å². The molecule has 0 heterocycles. The lowest BCUT2D eigenvalue weighted by atomic mass is 10.1. The SMILES string of the molecule is O=C(NCCCc1ccccc1)c1ccc(O)cc1F. The minimum atomic E-state index is -0.717. The second-order valence-corrected chi connectivity index (χ2v) is 4.51. The molecule has 1 amide bonds. The fourth-order valence-electron chi connectivity index (χ4n) is 1.92. The maximum atomic E-state index is 13.5. The zero-order chi connectivity index (χ0) is 14.4. The van der Waals surface area contributed by atoms with E-state index in [1.165, 1.54) is 17.7 Å². The molecule has 0 saturated carbocycles. The number of carbonyl (C=O) groups excluding carboxylic acids is 1. The van der Waals surface area contributed by atoms with Crippen LogP contribution in [0.15, 0.2) is 48.5 Å². The normalized spacial score (nSPS) is 10.2. The summed E-state index contributed by atoms with van der Waals surface area (Å²) >= 11 is 0. The first kappa shape index (κ1) is 14.1. The smallest absolute Gasteiger partial charge is 0.254 e. The first-order chi connectivity index (χ1) is 9.66. The molecule has 0 bridgehead atoms. The number of hydrogen-bond acceptors (Lipinski definition) is 2. The lowest BCUT2D eigenvalue weighted by Crippen LogP contribution is -2.25. The molecule has 20 heavy (non-hydrogen) atoms. The van der Waals surface area contributed by atoms with Gasteiger partial charge >= 0.3 is 0 Å². The summed E-state index contributed by atoms with van der Waals surface area (Å²) < 4.78 is 13.5. The van der Waals surface area contributed by atoms with Crippen molar-refractivity contribution in [2.45, 2.75) is 12.8 Å². The quantitative estimate of drug-likeness (QED) is 0.823. The third kappa shape index (κ3) is 3.82. The van der Waals surface area contributed by atoms with Crippen LogP contribution in [0.4, 0.5) is 4.39 Å². The van der Waals surface area contributed by atoms with E-state index in [-0.39, 0.29) is 11.3 Å². The Kier molecular flexibility index (Phi) is 4.71. The molecule has 0 saturated heterocycles. The van der Waals surface area contributed by atoms with Gasteiger partial charge in [0.15, 0.2) is 0 Å². The van der Waals surface area contributed by atoms with E-state index in [9.17, 15) is 9.18 Å². The number of hydrogen-bond donors (Lipinski definition) is 2. The van der Waals surface area contributed by atoms with E-state index >= 15 is 0 Å². The van der Waals surface area contributed by atoms with Crippen molar-refractivity contribution in [2.75, 3.05) is 6.54 Å². The Balaban J connectivity index is 1.80. The molecule has 0 fully saturated rings. The van der Waals surface area contributed by atoms with Gasteiger partial charge in [-0.15, -0.1) is 0 Å². The highest BCUT2D eigenvalue weighted by Gasteiger charge is 2.11. The molecule has 0 aliphatic rings. The van der Waals surface area contributed by atoms with Crippen molar-refractivity contribution in [3.63, 3.8) is 0 Å². The van der Waals surface area contributed by atoms with Gasteiger partial charge in [0.25, 0.3) is 5.91 Å². The average Bonchev–Trinajstić information content (AvgIpc) is 2.44. The molecule has 4 heteroatoms. The average molecular weight is 273 g/mol. The molecule has 0 unspecified atom stereocenters. The van der Waals surface area contributed by atoms with E-state index in [0.717, 1.165) is 18.9 Å². The number of amides is 1. The highest BCUT2D eigenvalue weighted by molar-refractivity contribution is 5.94. The van der Waals surface area contributed by atoms with Gasteiger partial charge < -0.3 is 10.4 Å². The lowest BCUT2D eigenvalue weighted by molar-refractivity contribution is 0.0949. The minimum Gasteiger partial charge on any atom is -0.508 e. The van der Waals surface area contributed by atoms with Crippen LogP contribution in [0, 0.1) is 5.82 Å². The largest absolute Gasteiger partial charge is 0.508 e. The summed E-state index contributed by atoms with van der Waals surface area (Å²) in [4.78, 5) is 11.8. The summed E-state index contributed by atoms with van der Waals surface area (Å²) in [5, 5.41) is 11.8. The van der Waals surface area contributed by atoms with Crippen molar-refractivity contribution in [2.24, 2.45) is 0 Å². The molecule has 2 aromatic carbocycles. The van der Waals surface area contributed by atoms with Crippen molar-refractivity contribution < 1.29 is 14.3 Å². The van der Waals surface area contributed by atoms with Crippen LogP contribution in [0.2, 0.25) is 0 Å². The molecule has 2 aromatic rings. The molecular weight excluding hydrogens is 257 g/mol. The zero-order valence-corrected chi connectivity index (χ0v) is 11.0. The third-order valence-electron chi connectivity index (χ3n) is 2.97. The summed E-state index contributed by atoms with van der Waals surface area (Å²) in [5.41, 5.74) is 1.15. The molecular formula is C16H16FNO2. The topological polar surface area (TPSA) is 49.3 Å². The number of phenols is 1. The van der Waals surface area contributed by atoms with Crippen molar-refractivity contribution in [1.82, 2.24) is 5.32 Å². The Bertz CT molecular complexity index is 584. The molecule has 0 spiro atoms. The second kappa shape index (κ2) is 6.70. The molecule has 0 aliphatic carbocycles. The Morgan fingerprint density at radius 2 is 1.90 bits per heavy atom. The fourth-order valence-corrected chi connectivity index (χ4v) is 1.92. The number of benzene rings is 2. The van der Waals surface area contributed by atoms with Gasteiger partial charge in [0.1, 0.15) is 11.6 Å². The van der Waals surface area contributed by atoms with Gasteiger partial charge in [-0.3, -0.25) is 4.79 Å². The number of carbonyl (C=O) groups is 1. The van der Waals surface area contributed by atoms with Gasteiger partial charge in [-0.1, -0.05) is 30.3 Å². The van der Waals surface area contributed by atoms with Crippen LogP contribution in [0.3, 0.4) is 0 Å². The van der Waals surface area contributed by atoms with Gasteiger partial charge in [0, 0.05) is 12.6 Å². The molecule has 3 nitrogen and oxygen atoms in total. The van der Waals surface area contributed by atoms with Gasteiger partial charge in [0.2, 0.25) is 0 Å². The van der Waals surface area contributed by atoms with Crippen LogP contribution in [0.1, 0.15) is 22.3 Å². The van der Waals surface area contributed by atoms with E-state index < -0.39 is 11.7 Å². The van der Waals surface area contributed by atoms with Crippen LogP contribution in [-0.2, 0) is 6.42 Å². The molecule has 0 radical (unpaired) electrons. The van der Waals surface area contributed by atoms with Gasteiger partial charge in [-0.25, -0.2) is 4.39 Å².